The molecule has 2 aliphatic rings. The first kappa shape index (κ1) is 20.5. The van der Waals surface area contributed by atoms with Gasteiger partial charge in [-0.1, -0.05) is 31.2 Å². The van der Waals surface area contributed by atoms with E-state index in [1.807, 2.05) is 7.05 Å². The molecule has 2 unspecified atom stereocenters. The molecule has 0 bridgehead atoms. The van der Waals surface area contributed by atoms with Crippen LogP contribution in [0.25, 0.3) is 0 Å². The summed E-state index contributed by atoms with van der Waals surface area (Å²) in [7, 11) is 1.86. The molecule has 1 saturated heterocycles. The van der Waals surface area contributed by atoms with E-state index in [4.69, 9.17) is 0 Å². The predicted octanol–water partition coefficient (Wildman–Crippen LogP) is 3.20. The SMILES string of the molecule is CCc1ccc(CCNC(=NC)NC2CC(C)N(C3CC3)C2)cc1.I. The molecular formula is C20H33IN4. The van der Waals surface area contributed by atoms with Gasteiger partial charge in [-0.25, -0.2) is 0 Å². The Morgan fingerprint density at radius 2 is 1.88 bits per heavy atom. The highest BCUT2D eigenvalue weighted by molar-refractivity contribution is 14.0. The molecule has 0 aromatic heterocycles. The third-order valence-electron chi connectivity index (χ3n) is 5.34. The van der Waals surface area contributed by atoms with E-state index >= 15 is 0 Å². The number of halogens is 1. The number of nitrogens with zero attached hydrogens (tertiary/aromatic N) is 2. The molecule has 25 heavy (non-hydrogen) atoms. The van der Waals surface area contributed by atoms with Crippen molar-refractivity contribution in [1.29, 1.82) is 0 Å². The Bertz CT molecular complexity index is 553. The van der Waals surface area contributed by atoms with E-state index in [0.717, 1.165) is 37.9 Å². The monoisotopic (exact) mass is 456 g/mol. The molecule has 2 N–H and O–H groups in total. The maximum Gasteiger partial charge on any atom is 0.191 e. The summed E-state index contributed by atoms with van der Waals surface area (Å²) in [6.07, 6.45) is 6.13. The summed E-state index contributed by atoms with van der Waals surface area (Å²) >= 11 is 0. The van der Waals surface area contributed by atoms with E-state index in [1.54, 1.807) is 0 Å². The van der Waals surface area contributed by atoms with Crippen molar-refractivity contribution in [1.82, 2.24) is 15.5 Å². The predicted molar refractivity (Wildman–Crippen MR) is 117 cm³/mol. The summed E-state index contributed by atoms with van der Waals surface area (Å²) in [6.45, 7) is 6.63. The maximum atomic E-state index is 4.40. The summed E-state index contributed by atoms with van der Waals surface area (Å²) in [6, 6.07) is 11.0. The van der Waals surface area contributed by atoms with E-state index in [1.165, 1.54) is 30.4 Å². The molecule has 1 aliphatic heterocycles. The van der Waals surface area contributed by atoms with Crippen molar-refractivity contribution in [2.45, 2.75) is 64.1 Å². The van der Waals surface area contributed by atoms with Crippen LogP contribution in [0.2, 0.25) is 0 Å². The minimum absolute atomic E-state index is 0. The molecule has 0 spiro atoms. The Morgan fingerprint density at radius 1 is 1.20 bits per heavy atom. The number of nitrogens with one attached hydrogen (secondary N) is 2. The number of hydrogen-bond donors (Lipinski definition) is 2. The van der Waals surface area contributed by atoms with E-state index < -0.39 is 0 Å². The zero-order valence-corrected chi connectivity index (χ0v) is 18.1. The molecule has 1 heterocycles. The second-order valence-corrected chi connectivity index (χ2v) is 7.27. The smallest absolute Gasteiger partial charge is 0.191 e. The first-order valence-electron chi connectivity index (χ1n) is 9.50. The molecule has 5 heteroatoms. The van der Waals surface area contributed by atoms with Crippen molar-refractivity contribution in [3.8, 4) is 0 Å². The van der Waals surface area contributed by atoms with Gasteiger partial charge < -0.3 is 10.6 Å². The van der Waals surface area contributed by atoms with Crippen LogP contribution < -0.4 is 10.6 Å². The summed E-state index contributed by atoms with van der Waals surface area (Å²) in [4.78, 5) is 7.06. The molecule has 1 aromatic carbocycles. The molecule has 2 atom stereocenters. The van der Waals surface area contributed by atoms with Gasteiger partial charge in [-0.2, -0.15) is 0 Å². The molecule has 2 fully saturated rings. The zero-order valence-electron chi connectivity index (χ0n) is 15.8. The minimum Gasteiger partial charge on any atom is -0.356 e. The van der Waals surface area contributed by atoms with E-state index in [-0.39, 0.29) is 24.0 Å². The largest absolute Gasteiger partial charge is 0.356 e. The topological polar surface area (TPSA) is 39.7 Å². The number of aliphatic imine (C=N–C) groups is 1. The van der Waals surface area contributed by atoms with Gasteiger partial charge in [0.15, 0.2) is 5.96 Å². The fourth-order valence-corrected chi connectivity index (χ4v) is 3.73. The highest BCUT2D eigenvalue weighted by atomic mass is 127. The lowest BCUT2D eigenvalue weighted by atomic mass is 10.1. The average molecular weight is 456 g/mol. The molecule has 1 aliphatic carbocycles. The van der Waals surface area contributed by atoms with Gasteiger partial charge in [0, 0.05) is 38.3 Å². The fraction of sp³-hybridized carbons (Fsp3) is 0.650. The molecule has 0 radical (unpaired) electrons. The van der Waals surface area contributed by atoms with Crippen LogP contribution in [-0.2, 0) is 12.8 Å². The Morgan fingerprint density at radius 3 is 2.48 bits per heavy atom. The lowest BCUT2D eigenvalue weighted by Gasteiger charge is -2.20. The first-order chi connectivity index (χ1) is 11.7. The maximum absolute atomic E-state index is 4.40. The molecular weight excluding hydrogens is 423 g/mol. The van der Waals surface area contributed by atoms with Crippen LogP contribution >= 0.6 is 24.0 Å². The normalized spacial score (nSPS) is 24.0. The molecule has 4 nitrogen and oxygen atoms in total. The standard InChI is InChI=1S/C20H32N4.HI/c1-4-16-5-7-17(8-6-16)11-12-22-20(21-3)23-18-13-15(2)24(14-18)19-9-10-19;/h5-8,15,18-19H,4,9-14H2,1-3H3,(H2,21,22,23);1H. The van der Waals surface area contributed by atoms with Gasteiger partial charge in [0.2, 0.25) is 0 Å². The van der Waals surface area contributed by atoms with E-state index in [2.05, 4.69) is 58.6 Å². The minimum atomic E-state index is 0. The highest BCUT2D eigenvalue weighted by Crippen LogP contribution is 2.33. The average Bonchev–Trinajstić information content (AvgIpc) is 3.38. The lowest BCUT2D eigenvalue weighted by molar-refractivity contribution is 0.256. The van der Waals surface area contributed by atoms with E-state index in [9.17, 15) is 0 Å². The third kappa shape index (κ3) is 5.84. The second kappa shape index (κ2) is 9.76. The molecule has 3 rings (SSSR count). The first-order valence-corrected chi connectivity index (χ1v) is 9.50. The fourth-order valence-electron chi connectivity index (χ4n) is 3.73. The van der Waals surface area contributed by atoms with Gasteiger partial charge >= 0.3 is 0 Å². The number of likely N-dealkylation sites (tertiary alicyclic amines) is 1. The van der Waals surface area contributed by atoms with Gasteiger partial charge in [-0.05, 0) is 50.2 Å². The molecule has 0 amide bonds. The number of hydrogen-bond acceptors (Lipinski definition) is 2. The summed E-state index contributed by atoms with van der Waals surface area (Å²) in [5.74, 6) is 0.940. The highest BCUT2D eigenvalue weighted by Gasteiger charge is 2.38. The molecule has 1 aromatic rings. The Balaban J connectivity index is 0.00000225. The Hall–Kier alpha value is -0.820. The number of aryl methyl sites for hydroxylation is 1. The van der Waals surface area contributed by atoms with Crippen LogP contribution in [0.1, 0.15) is 44.2 Å². The third-order valence-corrected chi connectivity index (χ3v) is 5.34. The Labute approximate surface area is 169 Å². The van der Waals surface area contributed by atoms with Crippen LogP contribution in [0, 0.1) is 0 Å². The number of benzene rings is 1. The second-order valence-electron chi connectivity index (χ2n) is 7.27. The number of guanidine groups is 1. The van der Waals surface area contributed by atoms with Crippen molar-refractivity contribution < 1.29 is 0 Å². The van der Waals surface area contributed by atoms with E-state index in [0.29, 0.717) is 12.1 Å². The van der Waals surface area contributed by atoms with Crippen molar-refractivity contribution in [2.75, 3.05) is 20.1 Å². The van der Waals surface area contributed by atoms with Gasteiger partial charge in [-0.15, -0.1) is 24.0 Å². The zero-order chi connectivity index (χ0) is 16.9. The molecule has 140 valence electrons. The van der Waals surface area contributed by atoms with Gasteiger partial charge in [0.05, 0.1) is 0 Å². The summed E-state index contributed by atoms with van der Waals surface area (Å²) < 4.78 is 0. The Kier molecular flexibility index (Phi) is 8.00. The van der Waals surface area contributed by atoms with Crippen molar-refractivity contribution >= 4 is 29.9 Å². The summed E-state index contributed by atoms with van der Waals surface area (Å²) in [5, 5.41) is 7.08. The lowest BCUT2D eigenvalue weighted by Crippen LogP contribution is -2.45. The van der Waals surface area contributed by atoms with Gasteiger partial charge in [0.1, 0.15) is 0 Å². The van der Waals surface area contributed by atoms with Crippen LogP contribution in [0.4, 0.5) is 0 Å². The van der Waals surface area contributed by atoms with Gasteiger partial charge in [0.25, 0.3) is 0 Å². The van der Waals surface area contributed by atoms with Gasteiger partial charge in [-0.3, -0.25) is 9.89 Å². The van der Waals surface area contributed by atoms with Crippen LogP contribution in [-0.4, -0.2) is 49.1 Å². The van der Waals surface area contributed by atoms with Crippen LogP contribution in [0.5, 0.6) is 0 Å². The van der Waals surface area contributed by atoms with Crippen molar-refractivity contribution in [2.24, 2.45) is 4.99 Å². The van der Waals surface area contributed by atoms with Crippen molar-refractivity contribution in [3.63, 3.8) is 0 Å². The van der Waals surface area contributed by atoms with Crippen LogP contribution in [0.15, 0.2) is 29.3 Å². The quantitative estimate of drug-likeness (QED) is 0.393. The molecule has 1 saturated carbocycles. The number of rotatable bonds is 6. The summed E-state index contributed by atoms with van der Waals surface area (Å²) in [5.41, 5.74) is 2.78. The van der Waals surface area contributed by atoms with Crippen molar-refractivity contribution in [3.05, 3.63) is 35.4 Å². The van der Waals surface area contributed by atoms with Crippen LogP contribution in [0.3, 0.4) is 0 Å².